The van der Waals surface area contributed by atoms with E-state index in [1.807, 2.05) is 43.0 Å². The van der Waals surface area contributed by atoms with E-state index >= 15 is 0 Å². The maximum atomic E-state index is 5.57. The van der Waals surface area contributed by atoms with Crippen LogP contribution in [0, 0.1) is 6.92 Å². The highest BCUT2D eigenvalue weighted by atomic mass is 32.1. The molecule has 138 valence electrons. The maximum Gasteiger partial charge on any atom is 0.270 e. The molecule has 0 saturated carbocycles. The highest BCUT2D eigenvalue weighted by Crippen LogP contribution is 2.35. The minimum Gasteiger partial charge on any atom is -0.346 e. The third kappa shape index (κ3) is 2.88. The van der Waals surface area contributed by atoms with Crippen LogP contribution in [0.2, 0.25) is 0 Å². The molecule has 27 heavy (non-hydrogen) atoms. The van der Waals surface area contributed by atoms with E-state index in [9.17, 15) is 0 Å². The first-order valence-electron chi connectivity index (χ1n) is 8.88. The third-order valence-corrected chi connectivity index (χ3v) is 6.01. The highest BCUT2D eigenvalue weighted by molar-refractivity contribution is 7.19. The van der Waals surface area contributed by atoms with Gasteiger partial charge in [0.05, 0.1) is 17.4 Å². The van der Waals surface area contributed by atoms with Gasteiger partial charge >= 0.3 is 0 Å². The molecule has 1 N–H and O–H groups in total. The van der Waals surface area contributed by atoms with Crippen LogP contribution in [-0.4, -0.2) is 51.1 Å². The summed E-state index contributed by atoms with van der Waals surface area (Å²) >= 11 is 1.61. The summed E-state index contributed by atoms with van der Waals surface area (Å²) in [5.74, 6) is 1.09. The molecule has 1 aliphatic rings. The fraction of sp³-hybridized carbons (Fsp3) is 0.333. The molecule has 0 unspecified atom stereocenters. The van der Waals surface area contributed by atoms with Gasteiger partial charge in [-0.3, -0.25) is 4.68 Å². The van der Waals surface area contributed by atoms with Crippen LogP contribution in [0.4, 0.5) is 5.13 Å². The summed E-state index contributed by atoms with van der Waals surface area (Å²) in [6.45, 7) is 5.88. The van der Waals surface area contributed by atoms with Gasteiger partial charge in [0, 0.05) is 44.2 Å². The van der Waals surface area contributed by atoms with Crippen molar-refractivity contribution >= 4 is 27.4 Å². The number of hydrogen-bond donors (Lipinski definition) is 1. The number of nitrogens with one attached hydrogen (secondary N) is 1. The van der Waals surface area contributed by atoms with Crippen LogP contribution < -0.4 is 10.2 Å². The van der Waals surface area contributed by atoms with E-state index in [0.717, 1.165) is 58.3 Å². The molecule has 5 rings (SSSR count). The lowest BCUT2D eigenvalue weighted by Gasteiger charge is -2.26. The quantitative estimate of drug-likeness (QED) is 0.583. The van der Waals surface area contributed by atoms with Crippen molar-refractivity contribution in [3.05, 3.63) is 30.1 Å². The molecule has 8 nitrogen and oxygen atoms in total. The largest absolute Gasteiger partial charge is 0.346 e. The van der Waals surface area contributed by atoms with Gasteiger partial charge in [-0.25, -0.2) is 4.98 Å². The standard InChI is InChI=1S/C18H19N7OS/c1-11-15(27-18(21-11)25-7-5-19-6-8-25)17-22-16(23-26-17)12-3-4-13-10-20-24(2)14(13)9-12/h3-4,9-10,19H,5-8H2,1-2H3. The number of benzene rings is 1. The Kier molecular flexibility index (Phi) is 3.91. The number of rotatable bonds is 3. The number of piperazine rings is 1. The lowest BCUT2D eigenvalue weighted by Crippen LogP contribution is -2.43. The Morgan fingerprint density at radius 2 is 2.04 bits per heavy atom. The third-order valence-electron chi connectivity index (χ3n) is 4.80. The maximum absolute atomic E-state index is 5.57. The van der Waals surface area contributed by atoms with E-state index in [1.165, 1.54) is 0 Å². The Bertz CT molecular complexity index is 1110. The topological polar surface area (TPSA) is 84.9 Å². The van der Waals surface area contributed by atoms with Gasteiger partial charge in [0.25, 0.3) is 5.89 Å². The Hall–Kier alpha value is -2.78. The van der Waals surface area contributed by atoms with E-state index < -0.39 is 0 Å². The molecule has 0 bridgehead atoms. The fourth-order valence-electron chi connectivity index (χ4n) is 3.29. The first-order chi connectivity index (χ1) is 13.2. The molecule has 0 amide bonds. The molecule has 1 aromatic carbocycles. The molecule has 4 heterocycles. The summed E-state index contributed by atoms with van der Waals surface area (Å²) < 4.78 is 7.41. The summed E-state index contributed by atoms with van der Waals surface area (Å²) in [6, 6.07) is 6.04. The van der Waals surface area contributed by atoms with Crippen LogP contribution in [-0.2, 0) is 7.05 Å². The lowest BCUT2D eigenvalue weighted by atomic mass is 10.1. The number of anilines is 1. The summed E-state index contributed by atoms with van der Waals surface area (Å²) in [5.41, 5.74) is 2.87. The first kappa shape index (κ1) is 16.4. The summed E-state index contributed by atoms with van der Waals surface area (Å²) in [7, 11) is 1.92. The SMILES string of the molecule is Cc1nc(N2CCNCC2)sc1-c1nc(-c2ccc3cnn(C)c3c2)no1. The van der Waals surface area contributed by atoms with Crippen LogP contribution in [0.1, 0.15) is 5.69 Å². The highest BCUT2D eigenvalue weighted by Gasteiger charge is 2.21. The van der Waals surface area contributed by atoms with Gasteiger partial charge in [0.2, 0.25) is 5.82 Å². The summed E-state index contributed by atoms with van der Waals surface area (Å²) in [4.78, 5) is 12.6. The van der Waals surface area contributed by atoms with Crippen molar-refractivity contribution in [2.75, 3.05) is 31.1 Å². The summed E-state index contributed by atoms with van der Waals surface area (Å²) in [6.07, 6.45) is 1.85. The van der Waals surface area contributed by atoms with E-state index in [-0.39, 0.29) is 0 Å². The molecular formula is C18H19N7OS. The molecule has 0 spiro atoms. The fourth-order valence-corrected chi connectivity index (χ4v) is 4.33. The minimum atomic E-state index is 0.520. The number of thiazole rings is 1. The van der Waals surface area contributed by atoms with Crippen molar-refractivity contribution in [1.82, 2.24) is 30.2 Å². The zero-order chi connectivity index (χ0) is 18.4. The van der Waals surface area contributed by atoms with Gasteiger partial charge < -0.3 is 14.7 Å². The van der Waals surface area contributed by atoms with Crippen LogP contribution in [0.25, 0.3) is 33.1 Å². The van der Waals surface area contributed by atoms with Crippen molar-refractivity contribution in [3.8, 4) is 22.2 Å². The molecule has 1 aliphatic heterocycles. The van der Waals surface area contributed by atoms with Gasteiger partial charge in [0.1, 0.15) is 4.88 Å². The number of nitrogens with zero attached hydrogens (tertiary/aromatic N) is 6. The Balaban J connectivity index is 1.47. The number of fused-ring (bicyclic) bond motifs is 1. The van der Waals surface area contributed by atoms with Crippen LogP contribution in [0.5, 0.6) is 0 Å². The molecule has 0 atom stereocenters. The Labute approximate surface area is 159 Å². The number of aryl methyl sites for hydroxylation is 2. The molecule has 4 aromatic rings. The van der Waals surface area contributed by atoms with Crippen molar-refractivity contribution in [1.29, 1.82) is 0 Å². The number of hydrogen-bond acceptors (Lipinski definition) is 8. The smallest absolute Gasteiger partial charge is 0.270 e. The minimum absolute atomic E-state index is 0.520. The van der Waals surface area contributed by atoms with Gasteiger partial charge in [0.15, 0.2) is 5.13 Å². The predicted molar refractivity (Wildman–Crippen MR) is 105 cm³/mol. The van der Waals surface area contributed by atoms with Crippen molar-refractivity contribution in [2.24, 2.45) is 7.05 Å². The van der Waals surface area contributed by atoms with Crippen molar-refractivity contribution in [3.63, 3.8) is 0 Å². The van der Waals surface area contributed by atoms with Crippen molar-refractivity contribution < 1.29 is 4.52 Å². The zero-order valence-electron chi connectivity index (χ0n) is 15.1. The van der Waals surface area contributed by atoms with Gasteiger partial charge in [-0.05, 0) is 13.0 Å². The monoisotopic (exact) mass is 381 g/mol. The molecular weight excluding hydrogens is 362 g/mol. The van der Waals surface area contributed by atoms with Crippen LogP contribution >= 0.6 is 11.3 Å². The van der Waals surface area contributed by atoms with Gasteiger partial charge in [-0.2, -0.15) is 10.1 Å². The second kappa shape index (κ2) is 6.43. The van der Waals surface area contributed by atoms with E-state index in [4.69, 9.17) is 9.51 Å². The van der Waals surface area contributed by atoms with E-state index in [1.54, 1.807) is 11.3 Å². The first-order valence-corrected chi connectivity index (χ1v) is 9.70. The molecule has 0 aliphatic carbocycles. The molecule has 9 heteroatoms. The zero-order valence-corrected chi connectivity index (χ0v) is 16.0. The molecule has 1 saturated heterocycles. The average Bonchev–Trinajstić information content (AvgIpc) is 3.41. The van der Waals surface area contributed by atoms with Crippen molar-refractivity contribution in [2.45, 2.75) is 6.92 Å². The normalized spacial score (nSPS) is 15.0. The number of aromatic nitrogens is 5. The Morgan fingerprint density at radius 3 is 2.89 bits per heavy atom. The van der Waals surface area contributed by atoms with E-state index in [2.05, 4.69) is 25.5 Å². The average molecular weight is 381 g/mol. The molecule has 1 fully saturated rings. The van der Waals surface area contributed by atoms with Gasteiger partial charge in [-0.1, -0.05) is 28.6 Å². The summed E-state index contributed by atoms with van der Waals surface area (Å²) in [5, 5.41) is 13.9. The Morgan fingerprint density at radius 1 is 1.19 bits per heavy atom. The molecule has 3 aromatic heterocycles. The van der Waals surface area contributed by atoms with Crippen LogP contribution in [0.3, 0.4) is 0 Å². The van der Waals surface area contributed by atoms with Gasteiger partial charge in [-0.15, -0.1) is 0 Å². The molecule has 0 radical (unpaired) electrons. The second-order valence-electron chi connectivity index (χ2n) is 6.61. The predicted octanol–water partition coefficient (Wildman–Crippen LogP) is 2.46. The lowest BCUT2D eigenvalue weighted by molar-refractivity contribution is 0.433. The van der Waals surface area contributed by atoms with Crippen LogP contribution in [0.15, 0.2) is 28.9 Å². The second-order valence-corrected chi connectivity index (χ2v) is 7.59. The van der Waals surface area contributed by atoms with E-state index in [0.29, 0.717) is 11.7 Å².